The molecule has 5 rings (SSSR count). The fourth-order valence-corrected chi connectivity index (χ4v) is 9.97. The molecule has 0 bridgehead atoms. The normalized spacial score (nSPS) is 56.6. The SMILES string of the molecule is CC(C)CC[C@H]1O[C@H]2C(N)[C@H]3[C@@H]4CCC5CCCC[C@]5(C)[C@H]4CC[C@]3(C)[C@H]2[C@@H]1C. The second kappa shape index (κ2) is 7.22. The molecule has 29 heavy (non-hydrogen) atoms. The standard InChI is InChI=1S/C27H47NO/c1-16(2)9-12-21-17(3)22-25(29-21)24(28)23-19-11-10-18-8-6-7-14-26(18,4)20(19)13-15-27(22,23)5/h16-25H,6-15,28H2,1-5H3/t17-,18?,19-,20+,21-,22+,23-,24?,25-,26+,27-/m1/s1. The Morgan fingerprint density at radius 3 is 2.52 bits per heavy atom. The van der Waals surface area contributed by atoms with Crippen LogP contribution in [-0.4, -0.2) is 18.2 Å². The van der Waals surface area contributed by atoms with Gasteiger partial charge in [-0.1, -0.05) is 47.5 Å². The molecule has 0 aromatic rings. The van der Waals surface area contributed by atoms with Gasteiger partial charge in [-0.05, 0) is 104 Å². The number of fused-ring (bicyclic) bond motifs is 7. The zero-order valence-electron chi connectivity index (χ0n) is 19.8. The van der Waals surface area contributed by atoms with Crippen molar-refractivity contribution in [2.75, 3.05) is 0 Å². The lowest BCUT2D eigenvalue weighted by atomic mass is 9.44. The molecule has 5 fully saturated rings. The minimum absolute atomic E-state index is 0.271. The van der Waals surface area contributed by atoms with Gasteiger partial charge in [0.15, 0.2) is 0 Å². The van der Waals surface area contributed by atoms with Gasteiger partial charge in [-0.2, -0.15) is 0 Å². The molecule has 5 aliphatic rings. The highest BCUT2D eigenvalue weighted by Gasteiger charge is 2.68. The van der Waals surface area contributed by atoms with Crippen LogP contribution in [0.3, 0.4) is 0 Å². The molecule has 4 aliphatic carbocycles. The second-order valence-corrected chi connectivity index (χ2v) is 12.9. The maximum atomic E-state index is 7.13. The molecule has 2 heteroatoms. The summed E-state index contributed by atoms with van der Waals surface area (Å²) in [4.78, 5) is 0. The Bertz CT molecular complexity index is 618. The van der Waals surface area contributed by atoms with E-state index in [4.69, 9.17) is 10.5 Å². The first kappa shape index (κ1) is 20.8. The number of nitrogens with two attached hydrogens (primary N) is 1. The van der Waals surface area contributed by atoms with Crippen LogP contribution in [0.5, 0.6) is 0 Å². The smallest absolute Gasteiger partial charge is 0.0769 e. The van der Waals surface area contributed by atoms with Gasteiger partial charge < -0.3 is 10.5 Å². The molecule has 2 nitrogen and oxygen atoms in total. The first-order chi connectivity index (χ1) is 13.8. The van der Waals surface area contributed by atoms with Crippen LogP contribution < -0.4 is 5.73 Å². The van der Waals surface area contributed by atoms with Gasteiger partial charge in [-0.15, -0.1) is 0 Å². The molecule has 1 heterocycles. The Hall–Kier alpha value is -0.0800. The van der Waals surface area contributed by atoms with E-state index in [0.29, 0.717) is 40.8 Å². The van der Waals surface area contributed by atoms with Gasteiger partial charge in [0.2, 0.25) is 0 Å². The van der Waals surface area contributed by atoms with Crippen molar-refractivity contribution in [3.63, 3.8) is 0 Å². The van der Waals surface area contributed by atoms with Crippen molar-refractivity contribution in [2.45, 2.75) is 117 Å². The average molecular weight is 402 g/mol. The summed E-state index contributed by atoms with van der Waals surface area (Å²) >= 11 is 0. The van der Waals surface area contributed by atoms with Crippen LogP contribution in [0.1, 0.15) is 98.8 Å². The van der Waals surface area contributed by atoms with E-state index in [1.165, 1.54) is 64.2 Å². The van der Waals surface area contributed by atoms with E-state index in [-0.39, 0.29) is 6.04 Å². The largest absolute Gasteiger partial charge is 0.373 e. The van der Waals surface area contributed by atoms with Crippen LogP contribution in [0.25, 0.3) is 0 Å². The second-order valence-electron chi connectivity index (χ2n) is 12.9. The summed E-state index contributed by atoms with van der Waals surface area (Å²) in [6, 6.07) is 0.271. The van der Waals surface area contributed by atoms with Gasteiger partial charge >= 0.3 is 0 Å². The lowest BCUT2D eigenvalue weighted by Crippen LogP contribution is -2.56. The summed E-state index contributed by atoms with van der Waals surface area (Å²) in [7, 11) is 0. The molecule has 11 atom stereocenters. The summed E-state index contributed by atoms with van der Waals surface area (Å²) in [6.45, 7) is 12.5. The van der Waals surface area contributed by atoms with Gasteiger partial charge in [-0.3, -0.25) is 0 Å². The summed E-state index contributed by atoms with van der Waals surface area (Å²) in [5.74, 6) is 5.62. The van der Waals surface area contributed by atoms with Gasteiger partial charge in [0.1, 0.15) is 0 Å². The third-order valence-corrected chi connectivity index (χ3v) is 11.3. The van der Waals surface area contributed by atoms with Crippen LogP contribution in [0, 0.1) is 52.3 Å². The maximum absolute atomic E-state index is 7.13. The van der Waals surface area contributed by atoms with Crippen LogP contribution in [-0.2, 0) is 4.74 Å². The molecule has 0 amide bonds. The van der Waals surface area contributed by atoms with E-state index in [2.05, 4.69) is 34.6 Å². The van der Waals surface area contributed by atoms with Crippen molar-refractivity contribution in [2.24, 2.45) is 58.0 Å². The molecule has 2 N–H and O–H groups in total. The van der Waals surface area contributed by atoms with Crippen molar-refractivity contribution >= 4 is 0 Å². The van der Waals surface area contributed by atoms with Crippen molar-refractivity contribution < 1.29 is 4.74 Å². The van der Waals surface area contributed by atoms with Crippen molar-refractivity contribution in [1.29, 1.82) is 0 Å². The monoisotopic (exact) mass is 401 g/mol. The van der Waals surface area contributed by atoms with Crippen LogP contribution in [0.15, 0.2) is 0 Å². The lowest BCUT2D eigenvalue weighted by Gasteiger charge is -2.61. The summed E-state index contributed by atoms with van der Waals surface area (Å²) in [6.07, 6.45) is 15.0. The maximum Gasteiger partial charge on any atom is 0.0769 e. The van der Waals surface area contributed by atoms with Gasteiger partial charge in [-0.25, -0.2) is 0 Å². The molecule has 1 saturated heterocycles. The third-order valence-electron chi connectivity index (χ3n) is 11.3. The van der Waals surface area contributed by atoms with E-state index in [1.807, 2.05) is 0 Å². The van der Waals surface area contributed by atoms with Crippen molar-refractivity contribution in [3.8, 4) is 0 Å². The Labute approximate surface area is 180 Å². The highest BCUT2D eigenvalue weighted by molar-refractivity contribution is 5.18. The number of hydrogen-bond donors (Lipinski definition) is 1. The first-order valence-electron chi connectivity index (χ1n) is 13.2. The van der Waals surface area contributed by atoms with E-state index in [9.17, 15) is 0 Å². The number of rotatable bonds is 3. The van der Waals surface area contributed by atoms with Crippen LogP contribution in [0.4, 0.5) is 0 Å². The van der Waals surface area contributed by atoms with E-state index >= 15 is 0 Å². The molecule has 4 saturated carbocycles. The Morgan fingerprint density at radius 2 is 1.76 bits per heavy atom. The van der Waals surface area contributed by atoms with Crippen molar-refractivity contribution in [3.05, 3.63) is 0 Å². The lowest BCUT2D eigenvalue weighted by molar-refractivity contribution is -0.118. The zero-order valence-corrected chi connectivity index (χ0v) is 19.8. The highest BCUT2D eigenvalue weighted by Crippen LogP contribution is 2.69. The summed E-state index contributed by atoms with van der Waals surface area (Å²) in [5, 5.41) is 0. The predicted molar refractivity (Wildman–Crippen MR) is 120 cm³/mol. The number of hydrogen-bond acceptors (Lipinski definition) is 2. The molecule has 0 aromatic carbocycles. The first-order valence-corrected chi connectivity index (χ1v) is 13.2. The van der Waals surface area contributed by atoms with Gasteiger partial charge in [0.25, 0.3) is 0 Å². The van der Waals surface area contributed by atoms with Gasteiger partial charge in [0, 0.05) is 6.04 Å². The summed E-state index contributed by atoms with van der Waals surface area (Å²) < 4.78 is 6.80. The minimum atomic E-state index is 0.271. The number of ether oxygens (including phenoxy) is 1. The van der Waals surface area contributed by atoms with E-state index in [0.717, 1.165) is 23.7 Å². The molecule has 0 spiro atoms. The average Bonchev–Trinajstić information content (AvgIpc) is 3.12. The zero-order chi connectivity index (χ0) is 20.6. The van der Waals surface area contributed by atoms with Crippen LogP contribution >= 0.6 is 0 Å². The molecular formula is C27H47NO. The molecule has 1 aliphatic heterocycles. The van der Waals surface area contributed by atoms with Crippen LogP contribution in [0.2, 0.25) is 0 Å². The Kier molecular flexibility index (Phi) is 5.18. The topological polar surface area (TPSA) is 35.2 Å². The molecule has 166 valence electrons. The van der Waals surface area contributed by atoms with E-state index in [1.54, 1.807) is 0 Å². The fraction of sp³-hybridized carbons (Fsp3) is 1.00. The quantitative estimate of drug-likeness (QED) is 0.592. The molecule has 0 aromatic heterocycles. The van der Waals surface area contributed by atoms with Crippen molar-refractivity contribution in [1.82, 2.24) is 0 Å². The molecular weight excluding hydrogens is 354 g/mol. The highest BCUT2D eigenvalue weighted by atomic mass is 16.5. The Balaban J connectivity index is 1.40. The fourth-order valence-electron chi connectivity index (χ4n) is 9.97. The van der Waals surface area contributed by atoms with Gasteiger partial charge in [0.05, 0.1) is 12.2 Å². The molecule has 0 radical (unpaired) electrons. The third kappa shape index (κ3) is 2.94. The predicted octanol–water partition coefficient (Wildman–Crippen LogP) is 6.42. The summed E-state index contributed by atoms with van der Waals surface area (Å²) in [5.41, 5.74) is 8.15. The molecule has 2 unspecified atom stereocenters. The minimum Gasteiger partial charge on any atom is -0.373 e. The Morgan fingerprint density at radius 1 is 0.966 bits per heavy atom. The van der Waals surface area contributed by atoms with E-state index < -0.39 is 0 Å².